The van der Waals surface area contributed by atoms with Gasteiger partial charge in [-0.15, -0.1) is 0 Å². The maximum Gasteiger partial charge on any atom is 0.251 e. The summed E-state index contributed by atoms with van der Waals surface area (Å²) >= 11 is 0. The van der Waals surface area contributed by atoms with Crippen LogP contribution in [-0.4, -0.2) is 22.2 Å². The molecule has 0 fully saturated rings. The van der Waals surface area contributed by atoms with Crippen LogP contribution < -0.4 is 11.1 Å². The molecule has 0 saturated heterocycles. The maximum absolute atomic E-state index is 11.9. The van der Waals surface area contributed by atoms with Gasteiger partial charge in [0.2, 0.25) is 0 Å². The number of carbonyl (C=O) groups excluding carboxylic acids is 1. The Bertz CT molecular complexity index is 536. The number of carbonyl (C=O) groups is 1. The van der Waals surface area contributed by atoms with Crippen LogP contribution in [-0.2, 0) is 6.54 Å². The highest BCUT2D eigenvalue weighted by atomic mass is 16.1. The number of aromatic nitrogens is 2. The van der Waals surface area contributed by atoms with Crippen LogP contribution in [0.4, 0.5) is 5.69 Å². The minimum Gasteiger partial charge on any atom is -0.399 e. The molecule has 2 aromatic rings. The number of hydrogen-bond donors (Lipinski definition) is 2. The average Bonchev–Trinajstić information content (AvgIpc) is 2.88. The zero-order valence-corrected chi connectivity index (χ0v) is 10.9. The number of nitrogens with two attached hydrogens (primary N) is 1. The third-order valence-corrected chi connectivity index (χ3v) is 2.82. The summed E-state index contributed by atoms with van der Waals surface area (Å²) in [5.74, 6) is 0.213. The van der Waals surface area contributed by atoms with Crippen LogP contribution in [0.5, 0.6) is 0 Å². The van der Waals surface area contributed by atoms with Crippen molar-refractivity contribution in [2.45, 2.75) is 13.5 Å². The molecule has 5 heteroatoms. The number of hydrogen-bond acceptors (Lipinski definition) is 3. The van der Waals surface area contributed by atoms with Crippen LogP contribution in [0.15, 0.2) is 42.7 Å². The van der Waals surface area contributed by atoms with Crippen molar-refractivity contribution >= 4 is 11.6 Å². The van der Waals surface area contributed by atoms with Crippen molar-refractivity contribution in [1.82, 2.24) is 15.1 Å². The molecule has 0 radical (unpaired) electrons. The summed E-state index contributed by atoms with van der Waals surface area (Å²) in [4.78, 5) is 11.9. The van der Waals surface area contributed by atoms with Crippen LogP contribution in [0.3, 0.4) is 0 Å². The topological polar surface area (TPSA) is 72.9 Å². The Kier molecular flexibility index (Phi) is 4.18. The first-order chi connectivity index (χ1) is 9.15. The molecular formula is C14H18N4O. The largest absolute Gasteiger partial charge is 0.399 e. The molecule has 1 atom stereocenters. The molecule has 0 saturated carbocycles. The zero-order valence-electron chi connectivity index (χ0n) is 10.9. The molecule has 1 heterocycles. The summed E-state index contributed by atoms with van der Waals surface area (Å²) in [6.07, 6.45) is 3.66. The van der Waals surface area contributed by atoms with E-state index in [0.29, 0.717) is 23.7 Å². The molecule has 1 unspecified atom stereocenters. The second kappa shape index (κ2) is 6.04. The van der Waals surface area contributed by atoms with Crippen molar-refractivity contribution in [3.63, 3.8) is 0 Å². The highest BCUT2D eigenvalue weighted by Gasteiger charge is 2.08. The number of rotatable bonds is 5. The Morgan fingerprint density at radius 2 is 2.32 bits per heavy atom. The summed E-state index contributed by atoms with van der Waals surface area (Å²) in [7, 11) is 0. The van der Waals surface area contributed by atoms with Crippen molar-refractivity contribution in [2.75, 3.05) is 12.3 Å². The fourth-order valence-corrected chi connectivity index (χ4v) is 1.84. The molecule has 1 aromatic carbocycles. The third-order valence-electron chi connectivity index (χ3n) is 2.82. The van der Waals surface area contributed by atoms with Crippen LogP contribution in [0.2, 0.25) is 0 Å². The molecule has 100 valence electrons. The van der Waals surface area contributed by atoms with Crippen LogP contribution in [0, 0.1) is 5.92 Å². The van der Waals surface area contributed by atoms with E-state index >= 15 is 0 Å². The summed E-state index contributed by atoms with van der Waals surface area (Å²) in [5, 5.41) is 7.04. The van der Waals surface area contributed by atoms with Gasteiger partial charge in [0.05, 0.1) is 0 Å². The van der Waals surface area contributed by atoms with Gasteiger partial charge in [0.15, 0.2) is 0 Å². The lowest BCUT2D eigenvalue weighted by atomic mass is 10.1. The Morgan fingerprint density at radius 3 is 3.00 bits per heavy atom. The van der Waals surface area contributed by atoms with E-state index < -0.39 is 0 Å². The highest BCUT2D eigenvalue weighted by Crippen LogP contribution is 2.06. The van der Waals surface area contributed by atoms with Gasteiger partial charge in [0, 0.05) is 36.7 Å². The molecule has 0 aliphatic rings. The van der Waals surface area contributed by atoms with Crippen LogP contribution >= 0.6 is 0 Å². The van der Waals surface area contributed by atoms with Gasteiger partial charge < -0.3 is 11.1 Å². The first-order valence-corrected chi connectivity index (χ1v) is 6.26. The van der Waals surface area contributed by atoms with Gasteiger partial charge in [-0.3, -0.25) is 9.48 Å². The zero-order chi connectivity index (χ0) is 13.7. The Labute approximate surface area is 112 Å². The summed E-state index contributed by atoms with van der Waals surface area (Å²) < 4.78 is 1.86. The smallest absolute Gasteiger partial charge is 0.251 e. The fraction of sp³-hybridized carbons (Fsp3) is 0.286. The number of benzene rings is 1. The molecule has 3 N–H and O–H groups in total. The molecule has 0 aliphatic heterocycles. The van der Waals surface area contributed by atoms with E-state index in [0.717, 1.165) is 6.54 Å². The van der Waals surface area contributed by atoms with Crippen molar-refractivity contribution in [2.24, 2.45) is 5.92 Å². The second-order valence-corrected chi connectivity index (χ2v) is 4.67. The molecule has 2 rings (SSSR count). The normalized spacial score (nSPS) is 12.1. The number of nitrogens with one attached hydrogen (secondary N) is 1. The standard InChI is InChI=1S/C14H18N4O/c1-11(10-18-7-3-6-17-18)9-16-14(19)12-4-2-5-13(15)8-12/h2-8,11H,9-10,15H2,1H3,(H,16,19). The van der Waals surface area contributed by atoms with E-state index in [1.165, 1.54) is 0 Å². The molecule has 5 nitrogen and oxygen atoms in total. The molecule has 0 bridgehead atoms. The first-order valence-electron chi connectivity index (χ1n) is 6.26. The number of anilines is 1. The number of nitrogens with zero attached hydrogens (tertiary/aromatic N) is 2. The van der Waals surface area contributed by atoms with Crippen LogP contribution in [0.25, 0.3) is 0 Å². The van der Waals surface area contributed by atoms with Gasteiger partial charge >= 0.3 is 0 Å². The molecule has 1 aromatic heterocycles. The Balaban J connectivity index is 1.83. The second-order valence-electron chi connectivity index (χ2n) is 4.67. The van der Waals surface area contributed by atoms with Crippen LogP contribution in [0.1, 0.15) is 17.3 Å². The maximum atomic E-state index is 11.9. The summed E-state index contributed by atoms with van der Waals surface area (Å²) in [5.41, 5.74) is 6.83. The predicted octanol–water partition coefficient (Wildman–Crippen LogP) is 1.53. The third kappa shape index (κ3) is 3.84. The van der Waals surface area contributed by atoms with Gasteiger partial charge in [0.25, 0.3) is 5.91 Å². The lowest BCUT2D eigenvalue weighted by Crippen LogP contribution is -2.30. The molecule has 0 aliphatic carbocycles. The quantitative estimate of drug-likeness (QED) is 0.799. The van der Waals surface area contributed by atoms with Gasteiger partial charge in [-0.25, -0.2) is 0 Å². The van der Waals surface area contributed by atoms with E-state index in [-0.39, 0.29) is 5.91 Å². The van der Waals surface area contributed by atoms with Crippen molar-refractivity contribution in [3.05, 3.63) is 48.3 Å². The van der Waals surface area contributed by atoms with Gasteiger partial charge in [-0.05, 0) is 30.2 Å². The Morgan fingerprint density at radius 1 is 1.47 bits per heavy atom. The monoisotopic (exact) mass is 258 g/mol. The van der Waals surface area contributed by atoms with Gasteiger partial charge in [-0.2, -0.15) is 5.10 Å². The van der Waals surface area contributed by atoms with E-state index in [1.807, 2.05) is 16.9 Å². The lowest BCUT2D eigenvalue weighted by Gasteiger charge is -2.13. The van der Waals surface area contributed by atoms with Crippen molar-refractivity contribution in [3.8, 4) is 0 Å². The van der Waals surface area contributed by atoms with Gasteiger partial charge in [-0.1, -0.05) is 13.0 Å². The SMILES string of the molecule is CC(CNC(=O)c1cccc(N)c1)Cn1cccn1. The molecule has 0 spiro atoms. The first kappa shape index (κ1) is 13.1. The minimum absolute atomic E-state index is 0.0976. The average molecular weight is 258 g/mol. The lowest BCUT2D eigenvalue weighted by molar-refractivity contribution is 0.0946. The summed E-state index contributed by atoms with van der Waals surface area (Å²) in [6.45, 7) is 3.46. The Hall–Kier alpha value is -2.30. The van der Waals surface area contributed by atoms with E-state index in [2.05, 4.69) is 17.3 Å². The van der Waals surface area contributed by atoms with E-state index in [9.17, 15) is 4.79 Å². The predicted molar refractivity (Wildman–Crippen MR) is 74.6 cm³/mol. The molecule has 19 heavy (non-hydrogen) atoms. The molecular weight excluding hydrogens is 240 g/mol. The summed E-state index contributed by atoms with van der Waals surface area (Å²) in [6, 6.07) is 8.85. The van der Waals surface area contributed by atoms with Crippen molar-refractivity contribution < 1.29 is 4.79 Å². The number of amides is 1. The van der Waals surface area contributed by atoms with Gasteiger partial charge in [0.1, 0.15) is 0 Å². The fourth-order valence-electron chi connectivity index (χ4n) is 1.84. The highest BCUT2D eigenvalue weighted by molar-refractivity contribution is 5.94. The minimum atomic E-state index is -0.0976. The van der Waals surface area contributed by atoms with Crippen molar-refractivity contribution in [1.29, 1.82) is 0 Å². The van der Waals surface area contributed by atoms with E-state index in [4.69, 9.17) is 5.73 Å². The van der Waals surface area contributed by atoms with E-state index in [1.54, 1.807) is 30.5 Å². The molecule has 1 amide bonds. The number of nitrogen functional groups attached to an aromatic ring is 1.